The molecule has 7 amide bonds. The van der Waals surface area contributed by atoms with Crippen molar-refractivity contribution in [3.05, 3.63) is 71.8 Å². The molecule has 0 radical (unpaired) electrons. The Morgan fingerprint density at radius 3 is 1.58 bits per heavy atom. The molecule has 0 fully saturated rings. The Balaban J connectivity index is 1.62. The van der Waals surface area contributed by atoms with Gasteiger partial charge >= 0.3 is 0 Å². The Bertz CT molecular complexity index is 1520. The van der Waals surface area contributed by atoms with Gasteiger partial charge in [0.1, 0.15) is 18.1 Å². The van der Waals surface area contributed by atoms with Crippen LogP contribution in [0.15, 0.2) is 60.7 Å². The van der Waals surface area contributed by atoms with Crippen molar-refractivity contribution in [1.82, 2.24) is 26.6 Å². The highest BCUT2D eigenvalue weighted by molar-refractivity contribution is 6.07. The Morgan fingerprint density at radius 2 is 1.09 bits per heavy atom. The van der Waals surface area contributed by atoms with E-state index in [9.17, 15) is 33.6 Å². The Morgan fingerprint density at radius 1 is 0.582 bits per heavy atom. The topological polar surface area (TPSA) is 232 Å². The molecular weight excluding hydrogens is 702 g/mol. The number of rotatable bonds is 27. The van der Waals surface area contributed by atoms with Crippen LogP contribution >= 0.6 is 0 Å². The molecule has 0 aliphatic rings. The molecule has 2 aromatic rings. The molecule has 1 unspecified atom stereocenters. The highest BCUT2D eigenvalue weighted by atomic mass is 16.2. The van der Waals surface area contributed by atoms with Crippen LogP contribution in [0.1, 0.15) is 103 Å². The average Bonchev–Trinajstić information content (AvgIpc) is 3.15. The largest absolute Gasteiger partial charge is 0.368 e. The fourth-order valence-corrected chi connectivity index (χ4v) is 6.06. The van der Waals surface area contributed by atoms with Crippen LogP contribution in [0, 0.1) is 5.92 Å². The van der Waals surface area contributed by atoms with Gasteiger partial charge in [0.15, 0.2) is 6.04 Å². The summed E-state index contributed by atoms with van der Waals surface area (Å²) >= 11 is 0. The number of carbonyl (C=O) groups is 7. The summed E-state index contributed by atoms with van der Waals surface area (Å²) in [6.45, 7) is 5.43. The molecule has 0 bridgehead atoms. The summed E-state index contributed by atoms with van der Waals surface area (Å²) in [5.74, 6) is -4.21. The number of nitrogens with two attached hydrogens (primary N) is 2. The number of amides is 7. The Hall–Kier alpha value is -5.27. The van der Waals surface area contributed by atoms with E-state index in [4.69, 9.17) is 11.5 Å². The highest BCUT2D eigenvalue weighted by Gasteiger charge is 2.31. The zero-order valence-corrected chi connectivity index (χ0v) is 32.6. The number of benzene rings is 2. The molecule has 0 saturated carbocycles. The monoisotopic (exact) mass is 763 g/mol. The minimum absolute atomic E-state index is 0.133. The molecule has 9 N–H and O–H groups in total. The van der Waals surface area contributed by atoms with Crippen molar-refractivity contribution >= 4 is 41.4 Å². The maximum absolute atomic E-state index is 13.2. The van der Waals surface area contributed by atoms with E-state index in [2.05, 4.69) is 26.6 Å². The van der Waals surface area contributed by atoms with Gasteiger partial charge in [-0.15, -0.1) is 0 Å². The zero-order chi connectivity index (χ0) is 40.6. The molecule has 0 saturated heterocycles. The molecule has 55 heavy (non-hydrogen) atoms. The molecule has 0 heterocycles. The van der Waals surface area contributed by atoms with E-state index < -0.39 is 59.6 Å². The van der Waals surface area contributed by atoms with Crippen LogP contribution in [0.3, 0.4) is 0 Å². The SMILES string of the molecule is CCC(C)[C@H](NC(=O)CCCCCCCCCCCNC(=O)[C@@H](NC(=O)[C@H](Cc1ccccc1)NC(C)=O)C(N)=O)C(=O)N[C@@H](Cc1ccccc1)C(N)=O. The van der Waals surface area contributed by atoms with E-state index in [1.165, 1.54) is 6.92 Å². The van der Waals surface area contributed by atoms with E-state index in [-0.39, 0.29) is 24.7 Å². The Kier molecular flexibility index (Phi) is 21.4. The molecule has 302 valence electrons. The predicted molar refractivity (Wildman–Crippen MR) is 211 cm³/mol. The van der Waals surface area contributed by atoms with Crippen molar-refractivity contribution < 1.29 is 33.6 Å². The van der Waals surface area contributed by atoms with Crippen molar-refractivity contribution in [2.24, 2.45) is 17.4 Å². The van der Waals surface area contributed by atoms with E-state index in [1.54, 1.807) is 24.3 Å². The van der Waals surface area contributed by atoms with Crippen molar-refractivity contribution in [2.45, 2.75) is 128 Å². The van der Waals surface area contributed by atoms with Crippen LogP contribution in [0.4, 0.5) is 0 Å². The van der Waals surface area contributed by atoms with Crippen LogP contribution in [-0.4, -0.2) is 72.1 Å². The standard InChI is InChI=1S/C41H61N7O7/c1-4-28(2)35(41(55)46-32(37(42)51)26-30-20-14-12-15-21-30)47-34(50)24-18-10-8-6-5-7-9-11-19-25-44-40(54)36(38(43)52)48-39(53)33(45-29(3)49)27-31-22-16-13-17-23-31/h12-17,20-23,28,32-33,35-36H,4-11,18-19,24-27H2,1-3H3,(H2,42,51)(H2,43,52)(H,44,54)(H,45,49)(H,46,55)(H,47,50)(H,48,53)/t28?,32-,33-,35-,36-/m0/s1. The summed E-state index contributed by atoms with van der Waals surface area (Å²) in [4.78, 5) is 87.4. The van der Waals surface area contributed by atoms with Crippen molar-refractivity contribution in [3.8, 4) is 0 Å². The third kappa shape index (κ3) is 18.6. The highest BCUT2D eigenvalue weighted by Crippen LogP contribution is 2.13. The van der Waals surface area contributed by atoms with Gasteiger partial charge in [-0.2, -0.15) is 0 Å². The number of hydrogen-bond acceptors (Lipinski definition) is 7. The van der Waals surface area contributed by atoms with Crippen molar-refractivity contribution in [3.63, 3.8) is 0 Å². The number of carbonyl (C=O) groups excluding carboxylic acids is 7. The van der Waals surface area contributed by atoms with Gasteiger partial charge in [-0.1, -0.05) is 126 Å². The molecule has 0 aliphatic heterocycles. The van der Waals surface area contributed by atoms with Gasteiger partial charge in [0.05, 0.1) is 0 Å². The molecular formula is C41H61N7O7. The summed E-state index contributed by atoms with van der Waals surface area (Å²) in [7, 11) is 0. The lowest BCUT2D eigenvalue weighted by molar-refractivity contribution is -0.136. The molecule has 2 aromatic carbocycles. The van der Waals surface area contributed by atoms with Crippen LogP contribution in [0.25, 0.3) is 0 Å². The first-order chi connectivity index (χ1) is 26.3. The zero-order valence-electron chi connectivity index (χ0n) is 32.6. The van der Waals surface area contributed by atoms with Gasteiger partial charge in [-0.3, -0.25) is 33.6 Å². The minimum Gasteiger partial charge on any atom is -0.368 e. The van der Waals surface area contributed by atoms with Crippen molar-refractivity contribution in [1.29, 1.82) is 0 Å². The smallest absolute Gasteiger partial charge is 0.252 e. The molecule has 14 nitrogen and oxygen atoms in total. The summed E-state index contributed by atoms with van der Waals surface area (Å²) in [5.41, 5.74) is 12.7. The van der Waals surface area contributed by atoms with E-state index in [0.717, 1.165) is 56.1 Å². The van der Waals surface area contributed by atoms with Gasteiger partial charge in [-0.25, -0.2) is 0 Å². The molecule has 14 heteroatoms. The number of unbranched alkanes of at least 4 members (excludes halogenated alkanes) is 8. The summed E-state index contributed by atoms with van der Waals surface area (Å²) < 4.78 is 0. The van der Waals surface area contributed by atoms with Gasteiger partial charge in [0, 0.05) is 32.7 Å². The van der Waals surface area contributed by atoms with Gasteiger partial charge in [0.25, 0.3) is 5.91 Å². The van der Waals surface area contributed by atoms with Gasteiger partial charge in [0.2, 0.25) is 35.4 Å². The fourth-order valence-electron chi connectivity index (χ4n) is 6.06. The summed E-state index contributed by atoms with van der Waals surface area (Å²) in [5, 5.41) is 13.2. The molecule has 0 aromatic heterocycles. The number of nitrogens with one attached hydrogen (secondary N) is 5. The Labute approximate surface area is 325 Å². The maximum atomic E-state index is 13.2. The molecule has 0 spiro atoms. The van der Waals surface area contributed by atoms with Gasteiger partial charge in [-0.05, 0) is 29.9 Å². The summed E-state index contributed by atoms with van der Waals surface area (Å²) in [6.07, 6.45) is 9.58. The quantitative estimate of drug-likeness (QED) is 0.0530. The lowest BCUT2D eigenvalue weighted by atomic mass is 9.97. The fraction of sp³-hybridized carbons (Fsp3) is 0.537. The minimum atomic E-state index is -1.57. The van der Waals surface area contributed by atoms with Crippen molar-refractivity contribution in [2.75, 3.05) is 6.54 Å². The lowest BCUT2D eigenvalue weighted by Crippen LogP contribution is -2.58. The van der Waals surface area contributed by atoms with Crippen LogP contribution in [0.2, 0.25) is 0 Å². The molecule has 5 atom stereocenters. The van der Waals surface area contributed by atoms with E-state index in [0.29, 0.717) is 32.2 Å². The predicted octanol–water partition coefficient (Wildman–Crippen LogP) is 2.46. The molecule has 0 aliphatic carbocycles. The maximum Gasteiger partial charge on any atom is 0.252 e. The van der Waals surface area contributed by atoms with E-state index >= 15 is 0 Å². The van der Waals surface area contributed by atoms with Crippen LogP contribution in [0.5, 0.6) is 0 Å². The van der Waals surface area contributed by atoms with Gasteiger partial charge < -0.3 is 38.1 Å². The second-order valence-electron chi connectivity index (χ2n) is 14.1. The number of primary amides is 2. The third-order valence-electron chi connectivity index (χ3n) is 9.44. The van der Waals surface area contributed by atoms with Crippen LogP contribution in [-0.2, 0) is 46.4 Å². The first-order valence-corrected chi connectivity index (χ1v) is 19.4. The number of hydrogen-bond donors (Lipinski definition) is 7. The first kappa shape index (κ1) is 45.9. The van der Waals surface area contributed by atoms with Crippen LogP contribution < -0.4 is 38.1 Å². The third-order valence-corrected chi connectivity index (χ3v) is 9.44. The lowest BCUT2D eigenvalue weighted by Gasteiger charge is -2.26. The molecule has 2 rings (SSSR count). The second-order valence-corrected chi connectivity index (χ2v) is 14.1. The second kappa shape index (κ2) is 25.7. The first-order valence-electron chi connectivity index (χ1n) is 19.4. The normalized spacial score (nSPS) is 13.6. The summed E-state index contributed by atoms with van der Waals surface area (Å²) in [6, 6.07) is 14.1. The van der Waals surface area contributed by atoms with E-state index in [1.807, 2.05) is 50.2 Å². The average molecular weight is 764 g/mol.